The Morgan fingerprint density at radius 3 is 2.63 bits per heavy atom. The molecule has 3 rings (SSSR count). The summed E-state index contributed by atoms with van der Waals surface area (Å²) < 4.78 is 1.32. The van der Waals surface area contributed by atoms with Crippen LogP contribution in [0.5, 0.6) is 0 Å². The van der Waals surface area contributed by atoms with Crippen molar-refractivity contribution in [2.24, 2.45) is 0 Å². The summed E-state index contributed by atoms with van der Waals surface area (Å²) in [5.74, 6) is 0. The van der Waals surface area contributed by atoms with E-state index >= 15 is 0 Å². The first-order chi connectivity index (χ1) is 9.22. The number of hydrogen-bond acceptors (Lipinski definition) is 3. The molecule has 0 radical (unpaired) electrons. The van der Waals surface area contributed by atoms with Crippen molar-refractivity contribution in [1.82, 2.24) is 9.80 Å². The molecule has 1 fully saturated rings. The van der Waals surface area contributed by atoms with Crippen LogP contribution in [0, 0.1) is 0 Å². The Hall–Kier alpha value is -1.59. The minimum absolute atomic E-state index is 0.611. The van der Waals surface area contributed by atoms with Gasteiger partial charge in [0.25, 0.3) is 0 Å². The Balaban J connectivity index is 1.64. The smallest absolute Gasteiger partial charge is 0.407 e. The van der Waals surface area contributed by atoms with E-state index in [1.165, 1.54) is 19.9 Å². The molecular weight excluding hydrogens is 260 g/mol. The molecule has 0 atom stereocenters. The number of amides is 1. The summed E-state index contributed by atoms with van der Waals surface area (Å²) in [6.07, 6.45) is -0.804. The fourth-order valence-corrected chi connectivity index (χ4v) is 3.54. The van der Waals surface area contributed by atoms with Gasteiger partial charge in [-0.3, -0.25) is 4.90 Å². The van der Waals surface area contributed by atoms with E-state index in [0.717, 1.165) is 19.6 Å². The number of nitrogens with zero attached hydrogens (tertiary/aromatic N) is 2. The van der Waals surface area contributed by atoms with E-state index in [2.05, 4.69) is 35.2 Å². The second-order valence-electron chi connectivity index (χ2n) is 4.80. The Kier molecular flexibility index (Phi) is 3.40. The van der Waals surface area contributed by atoms with Gasteiger partial charge >= 0.3 is 6.09 Å². The quantitative estimate of drug-likeness (QED) is 0.917. The van der Waals surface area contributed by atoms with E-state index in [1.807, 2.05) is 11.3 Å². The van der Waals surface area contributed by atoms with Gasteiger partial charge in [-0.05, 0) is 17.5 Å². The molecule has 1 aliphatic rings. The summed E-state index contributed by atoms with van der Waals surface area (Å²) in [7, 11) is 0. The molecule has 2 heterocycles. The van der Waals surface area contributed by atoms with Gasteiger partial charge in [0, 0.05) is 42.3 Å². The molecule has 0 unspecified atom stereocenters. The lowest BCUT2D eigenvalue weighted by Crippen LogP contribution is -2.47. The fourth-order valence-electron chi connectivity index (χ4n) is 2.43. The Labute approximate surface area is 115 Å². The summed E-state index contributed by atoms with van der Waals surface area (Å²) in [6, 6.07) is 10.6. The second-order valence-corrected chi connectivity index (χ2v) is 5.96. The molecule has 0 bridgehead atoms. The highest BCUT2D eigenvalue weighted by atomic mass is 32.1. The summed E-state index contributed by atoms with van der Waals surface area (Å²) in [5, 5.41) is 10.2. The Bertz CT molecular complexity index is 555. The highest BCUT2D eigenvalue weighted by Crippen LogP contribution is 2.26. The van der Waals surface area contributed by atoms with Crippen LogP contribution in [-0.4, -0.2) is 47.2 Å². The minimum Gasteiger partial charge on any atom is -0.465 e. The Morgan fingerprint density at radius 1 is 1.21 bits per heavy atom. The molecule has 19 heavy (non-hydrogen) atoms. The molecule has 0 spiro atoms. The number of carboxylic acid groups (broad SMARTS) is 1. The zero-order valence-corrected chi connectivity index (χ0v) is 11.4. The van der Waals surface area contributed by atoms with E-state index in [1.54, 1.807) is 0 Å². The van der Waals surface area contributed by atoms with Gasteiger partial charge in [-0.25, -0.2) is 4.79 Å². The number of rotatable bonds is 2. The highest BCUT2D eigenvalue weighted by Gasteiger charge is 2.20. The Morgan fingerprint density at radius 2 is 1.95 bits per heavy atom. The zero-order chi connectivity index (χ0) is 13.2. The molecular formula is C14H16N2O2S. The van der Waals surface area contributed by atoms with Crippen LogP contribution in [0.1, 0.15) is 4.88 Å². The minimum atomic E-state index is -0.804. The molecule has 0 aliphatic carbocycles. The van der Waals surface area contributed by atoms with Crippen LogP contribution < -0.4 is 0 Å². The maximum atomic E-state index is 10.8. The first-order valence-corrected chi connectivity index (χ1v) is 7.22. The molecule has 1 amide bonds. The molecule has 5 heteroatoms. The van der Waals surface area contributed by atoms with Crippen molar-refractivity contribution in [3.63, 3.8) is 0 Å². The molecule has 1 saturated heterocycles. The normalized spacial score (nSPS) is 16.9. The van der Waals surface area contributed by atoms with Gasteiger partial charge in [0.2, 0.25) is 0 Å². The lowest BCUT2D eigenvalue weighted by atomic mass is 10.2. The maximum absolute atomic E-state index is 10.8. The summed E-state index contributed by atoms with van der Waals surface area (Å²) in [4.78, 5) is 16.0. The van der Waals surface area contributed by atoms with Gasteiger partial charge in [0.05, 0.1) is 0 Å². The molecule has 2 aromatic rings. The van der Waals surface area contributed by atoms with Crippen LogP contribution >= 0.6 is 11.3 Å². The van der Waals surface area contributed by atoms with E-state index < -0.39 is 6.09 Å². The van der Waals surface area contributed by atoms with E-state index in [4.69, 9.17) is 5.11 Å². The SMILES string of the molecule is O=C(O)N1CCN(Cc2cc3ccccc3s2)CC1. The predicted octanol–water partition coefficient (Wildman–Crippen LogP) is 2.70. The molecule has 0 saturated carbocycles. The first kappa shape index (κ1) is 12.4. The highest BCUT2D eigenvalue weighted by molar-refractivity contribution is 7.19. The average molecular weight is 276 g/mol. The van der Waals surface area contributed by atoms with Gasteiger partial charge < -0.3 is 10.0 Å². The van der Waals surface area contributed by atoms with E-state index in [0.29, 0.717) is 13.1 Å². The third-order valence-electron chi connectivity index (χ3n) is 3.50. The number of benzene rings is 1. The largest absolute Gasteiger partial charge is 0.465 e. The number of hydrogen-bond donors (Lipinski definition) is 1. The summed E-state index contributed by atoms with van der Waals surface area (Å²) in [5.41, 5.74) is 0. The fraction of sp³-hybridized carbons (Fsp3) is 0.357. The van der Waals surface area contributed by atoms with Crippen LogP contribution in [0.25, 0.3) is 10.1 Å². The standard InChI is InChI=1S/C14H16N2O2S/c17-14(18)16-7-5-15(6-8-16)10-12-9-11-3-1-2-4-13(11)19-12/h1-4,9H,5-8,10H2,(H,17,18). The molecule has 4 nitrogen and oxygen atoms in total. The van der Waals surface area contributed by atoms with Crippen LogP contribution in [0.4, 0.5) is 4.79 Å². The monoisotopic (exact) mass is 276 g/mol. The van der Waals surface area contributed by atoms with E-state index in [-0.39, 0.29) is 0 Å². The number of piperazine rings is 1. The zero-order valence-electron chi connectivity index (χ0n) is 10.6. The number of carbonyl (C=O) groups is 1. The van der Waals surface area contributed by atoms with E-state index in [9.17, 15) is 4.79 Å². The summed E-state index contributed by atoms with van der Waals surface area (Å²) >= 11 is 1.83. The van der Waals surface area contributed by atoms with Crippen molar-refractivity contribution in [3.8, 4) is 0 Å². The predicted molar refractivity (Wildman–Crippen MR) is 76.7 cm³/mol. The van der Waals surface area contributed by atoms with Gasteiger partial charge in [0.15, 0.2) is 0 Å². The van der Waals surface area contributed by atoms with Crippen molar-refractivity contribution in [2.75, 3.05) is 26.2 Å². The van der Waals surface area contributed by atoms with Crippen molar-refractivity contribution in [1.29, 1.82) is 0 Å². The molecule has 1 aliphatic heterocycles. The topological polar surface area (TPSA) is 43.8 Å². The average Bonchev–Trinajstić information content (AvgIpc) is 2.81. The van der Waals surface area contributed by atoms with Crippen LogP contribution in [0.2, 0.25) is 0 Å². The lowest BCUT2D eigenvalue weighted by molar-refractivity contribution is 0.103. The maximum Gasteiger partial charge on any atom is 0.407 e. The molecule has 1 aromatic heterocycles. The molecule has 100 valence electrons. The lowest BCUT2D eigenvalue weighted by Gasteiger charge is -2.32. The first-order valence-electron chi connectivity index (χ1n) is 6.40. The van der Waals surface area contributed by atoms with Crippen molar-refractivity contribution >= 4 is 27.5 Å². The van der Waals surface area contributed by atoms with Crippen molar-refractivity contribution < 1.29 is 9.90 Å². The number of fused-ring (bicyclic) bond motifs is 1. The third kappa shape index (κ3) is 2.72. The van der Waals surface area contributed by atoms with Gasteiger partial charge in [-0.2, -0.15) is 0 Å². The van der Waals surface area contributed by atoms with Crippen molar-refractivity contribution in [2.45, 2.75) is 6.54 Å². The molecule has 1 N–H and O–H groups in total. The van der Waals surface area contributed by atoms with Gasteiger partial charge in [0.1, 0.15) is 0 Å². The van der Waals surface area contributed by atoms with Crippen molar-refractivity contribution in [3.05, 3.63) is 35.2 Å². The summed E-state index contributed by atoms with van der Waals surface area (Å²) in [6.45, 7) is 3.79. The second kappa shape index (κ2) is 5.19. The number of thiophene rings is 1. The van der Waals surface area contributed by atoms with Crippen LogP contribution in [0.3, 0.4) is 0 Å². The van der Waals surface area contributed by atoms with Gasteiger partial charge in [-0.15, -0.1) is 11.3 Å². The van der Waals surface area contributed by atoms with Gasteiger partial charge in [-0.1, -0.05) is 18.2 Å². The van der Waals surface area contributed by atoms with Crippen LogP contribution in [-0.2, 0) is 6.54 Å². The molecule has 1 aromatic carbocycles. The van der Waals surface area contributed by atoms with Crippen LogP contribution in [0.15, 0.2) is 30.3 Å². The third-order valence-corrected chi connectivity index (χ3v) is 4.60.